The Balaban J connectivity index is 1.42. The molecule has 7 heteroatoms. The molecule has 0 radical (unpaired) electrons. The van der Waals surface area contributed by atoms with E-state index in [2.05, 4.69) is 45.0 Å². The molecule has 1 unspecified atom stereocenters. The zero-order chi connectivity index (χ0) is 21.3. The molecule has 1 aliphatic heterocycles. The lowest BCUT2D eigenvalue weighted by Gasteiger charge is -2.22. The highest BCUT2D eigenvalue weighted by Crippen LogP contribution is 2.44. The van der Waals surface area contributed by atoms with Crippen LogP contribution in [-0.2, 0) is 14.3 Å². The second-order valence-electron chi connectivity index (χ2n) is 8.36. The Hall–Kier alpha value is -2.12. The molecule has 1 aliphatic carbocycles. The Labute approximate surface area is 184 Å². The van der Waals surface area contributed by atoms with Crippen molar-refractivity contribution in [2.45, 2.75) is 37.5 Å². The standard InChI is InChI=1S/C23H25NO4S2/c1-23(2,3)30-29-13-20-21(25)28-14-24(20)22(26)27-12-19-17-10-6-4-8-15(17)16-9-5-7-11-18(16)19/h4-11,19-20H,12-14H2,1-3H3. The van der Waals surface area contributed by atoms with E-state index in [-0.39, 0.29) is 30.0 Å². The maximum Gasteiger partial charge on any atom is 0.413 e. The molecule has 0 bridgehead atoms. The second-order valence-corrected chi connectivity index (χ2v) is 11.5. The number of amides is 1. The van der Waals surface area contributed by atoms with Crippen molar-refractivity contribution < 1.29 is 19.1 Å². The Morgan fingerprint density at radius 1 is 1.10 bits per heavy atom. The molecule has 0 N–H and O–H groups in total. The van der Waals surface area contributed by atoms with Crippen molar-refractivity contribution in [2.24, 2.45) is 0 Å². The van der Waals surface area contributed by atoms with Gasteiger partial charge in [0.15, 0.2) is 6.73 Å². The third kappa shape index (κ3) is 4.32. The maximum atomic E-state index is 12.8. The SMILES string of the molecule is CC(C)(C)SSCC1C(=O)OCN1C(=O)OCC1c2ccccc2-c2ccccc21. The van der Waals surface area contributed by atoms with Crippen molar-refractivity contribution in [3.8, 4) is 11.1 Å². The van der Waals surface area contributed by atoms with Crippen LogP contribution < -0.4 is 0 Å². The van der Waals surface area contributed by atoms with Crippen molar-refractivity contribution in [1.29, 1.82) is 0 Å². The molecular formula is C23H25NO4S2. The van der Waals surface area contributed by atoms with E-state index < -0.39 is 12.1 Å². The molecule has 30 heavy (non-hydrogen) atoms. The number of cyclic esters (lactones) is 1. The minimum Gasteiger partial charge on any atom is -0.448 e. The van der Waals surface area contributed by atoms with Gasteiger partial charge in [0.1, 0.15) is 12.6 Å². The highest BCUT2D eigenvalue weighted by Gasteiger charge is 2.39. The predicted molar refractivity (Wildman–Crippen MR) is 121 cm³/mol. The van der Waals surface area contributed by atoms with Gasteiger partial charge >= 0.3 is 12.1 Å². The summed E-state index contributed by atoms with van der Waals surface area (Å²) in [4.78, 5) is 26.3. The fourth-order valence-electron chi connectivity index (χ4n) is 3.74. The summed E-state index contributed by atoms with van der Waals surface area (Å²) in [6, 6.07) is 15.8. The average molecular weight is 444 g/mol. The number of esters is 1. The van der Waals surface area contributed by atoms with Gasteiger partial charge in [-0.25, -0.2) is 9.59 Å². The molecule has 2 aliphatic rings. The number of hydrogen-bond acceptors (Lipinski definition) is 6. The average Bonchev–Trinajstić information content (AvgIpc) is 3.24. The van der Waals surface area contributed by atoms with Crippen LogP contribution >= 0.6 is 21.6 Å². The van der Waals surface area contributed by atoms with Crippen LogP contribution in [0.4, 0.5) is 4.79 Å². The maximum absolute atomic E-state index is 12.8. The van der Waals surface area contributed by atoms with E-state index >= 15 is 0 Å². The minimum absolute atomic E-state index is 0.00940. The summed E-state index contributed by atoms with van der Waals surface area (Å²) in [7, 11) is 3.26. The number of ether oxygens (including phenoxy) is 2. The molecule has 1 atom stereocenters. The third-order valence-corrected chi connectivity index (χ3v) is 8.43. The van der Waals surface area contributed by atoms with E-state index in [0.29, 0.717) is 5.75 Å². The van der Waals surface area contributed by atoms with Crippen LogP contribution in [0.1, 0.15) is 37.8 Å². The quantitative estimate of drug-likeness (QED) is 0.462. The van der Waals surface area contributed by atoms with Crippen LogP contribution in [-0.4, -0.2) is 46.8 Å². The monoisotopic (exact) mass is 443 g/mol. The fourth-order valence-corrected chi connectivity index (χ4v) is 6.25. The number of benzene rings is 2. The number of hydrogen-bond donors (Lipinski definition) is 0. The molecule has 1 amide bonds. The minimum atomic E-state index is -0.611. The number of rotatable bonds is 5. The van der Waals surface area contributed by atoms with Crippen molar-refractivity contribution in [3.63, 3.8) is 0 Å². The Kier molecular flexibility index (Phi) is 6.02. The summed E-state index contributed by atoms with van der Waals surface area (Å²) < 4.78 is 10.9. The first-order chi connectivity index (χ1) is 14.3. The van der Waals surface area contributed by atoms with Gasteiger partial charge < -0.3 is 9.47 Å². The van der Waals surface area contributed by atoms with E-state index in [0.717, 1.165) is 11.1 Å². The molecule has 2 aromatic carbocycles. The van der Waals surface area contributed by atoms with E-state index in [9.17, 15) is 9.59 Å². The normalized spacial score (nSPS) is 18.2. The van der Waals surface area contributed by atoms with Crippen molar-refractivity contribution in [3.05, 3.63) is 59.7 Å². The topological polar surface area (TPSA) is 55.8 Å². The summed E-state index contributed by atoms with van der Waals surface area (Å²) in [5.74, 6) is 0.0979. The van der Waals surface area contributed by atoms with Crippen LogP contribution in [0, 0.1) is 0 Å². The predicted octanol–water partition coefficient (Wildman–Crippen LogP) is 5.30. The molecule has 5 nitrogen and oxygen atoms in total. The Bertz CT molecular complexity index is 911. The first-order valence-corrected chi connectivity index (χ1v) is 12.3. The van der Waals surface area contributed by atoms with E-state index in [1.807, 2.05) is 24.3 Å². The lowest BCUT2D eigenvalue weighted by molar-refractivity contribution is -0.138. The Morgan fingerprint density at radius 3 is 2.30 bits per heavy atom. The fraction of sp³-hybridized carbons (Fsp3) is 0.391. The summed E-state index contributed by atoms with van der Waals surface area (Å²) in [6.45, 7) is 6.51. The molecule has 1 fully saturated rings. The van der Waals surface area contributed by atoms with Crippen LogP contribution in [0.5, 0.6) is 0 Å². The van der Waals surface area contributed by atoms with Crippen LogP contribution in [0.3, 0.4) is 0 Å². The van der Waals surface area contributed by atoms with Crippen molar-refractivity contribution in [2.75, 3.05) is 19.1 Å². The summed E-state index contributed by atoms with van der Waals surface area (Å²) in [6.07, 6.45) is -0.505. The number of fused-ring (bicyclic) bond motifs is 3. The molecule has 0 spiro atoms. The van der Waals surface area contributed by atoms with Crippen molar-refractivity contribution >= 4 is 33.7 Å². The van der Waals surface area contributed by atoms with E-state index in [1.165, 1.54) is 16.0 Å². The molecule has 1 saturated heterocycles. The summed E-state index contributed by atoms with van der Waals surface area (Å²) >= 11 is 0. The summed E-state index contributed by atoms with van der Waals surface area (Å²) in [5.41, 5.74) is 4.69. The van der Waals surface area contributed by atoms with Gasteiger partial charge in [0, 0.05) is 16.4 Å². The van der Waals surface area contributed by atoms with Gasteiger partial charge in [0.05, 0.1) is 0 Å². The van der Waals surface area contributed by atoms with E-state index in [1.54, 1.807) is 21.6 Å². The second kappa shape index (κ2) is 8.55. The summed E-state index contributed by atoms with van der Waals surface area (Å²) in [5, 5.41) is 0. The van der Waals surface area contributed by atoms with Crippen LogP contribution in [0.2, 0.25) is 0 Å². The molecule has 1 heterocycles. The molecule has 0 aromatic heterocycles. The van der Waals surface area contributed by atoms with Gasteiger partial charge in [-0.3, -0.25) is 4.90 Å². The number of nitrogens with zero attached hydrogens (tertiary/aromatic N) is 1. The molecular weight excluding hydrogens is 418 g/mol. The smallest absolute Gasteiger partial charge is 0.413 e. The largest absolute Gasteiger partial charge is 0.448 e. The molecule has 0 saturated carbocycles. The van der Waals surface area contributed by atoms with Gasteiger partial charge in [0.25, 0.3) is 0 Å². The zero-order valence-electron chi connectivity index (χ0n) is 17.3. The molecule has 4 rings (SSSR count). The highest BCUT2D eigenvalue weighted by molar-refractivity contribution is 8.77. The number of carbonyl (C=O) groups is 2. The Morgan fingerprint density at radius 2 is 1.70 bits per heavy atom. The first kappa shape index (κ1) is 21.1. The zero-order valence-corrected chi connectivity index (χ0v) is 18.9. The van der Waals surface area contributed by atoms with Gasteiger partial charge in [-0.05, 0) is 22.3 Å². The highest BCUT2D eigenvalue weighted by atomic mass is 33.1. The van der Waals surface area contributed by atoms with Gasteiger partial charge in [-0.1, -0.05) is 90.9 Å². The van der Waals surface area contributed by atoms with E-state index in [4.69, 9.17) is 9.47 Å². The first-order valence-electron chi connectivity index (χ1n) is 9.94. The third-order valence-electron chi connectivity index (χ3n) is 5.10. The van der Waals surface area contributed by atoms with Gasteiger partial charge in [0.2, 0.25) is 0 Å². The van der Waals surface area contributed by atoms with Crippen molar-refractivity contribution in [1.82, 2.24) is 4.90 Å². The lowest BCUT2D eigenvalue weighted by Crippen LogP contribution is -2.40. The van der Waals surface area contributed by atoms with Crippen LogP contribution in [0.15, 0.2) is 48.5 Å². The molecule has 158 valence electrons. The molecule has 2 aromatic rings. The van der Waals surface area contributed by atoms with Gasteiger partial charge in [-0.15, -0.1) is 0 Å². The van der Waals surface area contributed by atoms with Crippen LogP contribution in [0.25, 0.3) is 11.1 Å². The van der Waals surface area contributed by atoms with Gasteiger partial charge in [-0.2, -0.15) is 0 Å². The number of carbonyl (C=O) groups excluding carboxylic acids is 2. The lowest BCUT2D eigenvalue weighted by atomic mass is 9.98.